The number of halogens is 1. The standard InChI is InChI=1S/C23H29FN2O3/c1-23(25-22(27)20-6-3-4-7-21(20)28-2)12-15-26(16-13-23)14-5-17-29-19-10-8-18(24)9-11-19/h3-4,6-11H,5,12-17H2,1-2H3,(H,25,27). The molecule has 0 saturated carbocycles. The first-order chi connectivity index (χ1) is 14.0. The summed E-state index contributed by atoms with van der Waals surface area (Å²) in [6, 6.07) is 13.4. The van der Waals surface area contributed by atoms with Crippen molar-refractivity contribution in [3.63, 3.8) is 0 Å². The average Bonchev–Trinajstić information content (AvgIpc) is 2.73. The Hall–Kier alpha value is -2.60. The van der Waals surface area contributed by atoms with Crippen molar-refractivity contribution in [2.24, 2.45) is 0 Å². The summed E-state index contributed by atoms with van der Waals surface area (Å²) in [5.41, 5.74) is 0.343. The van der Waals surface area contributed by atoms with Crippen molar-refractivity contribution in [1.29, 1.82) is 0 Å². The Morgan fingerprint density at radius 2 is 1.83 bits per heavy atom. The number of nitrogens with zero attached hydrogens (tertiary/aromatic N) is 1. The topological polar surface area (TPSA) is 50.8 Å². The predicted octanol–water partition coefficient (Wildman–Crippen LogP) is 3.89. The molecule has 6 heteroatoms. The maximum absolute atomic E-state index is 12.9. The van der Waals surface area contributed by atoms with Gasteiger partial charge in [-0.15, -0.1) is 0 Å². The molecule has 1 heterocycles. The Morgan fingerprint density at radius 1 is 1.14 bits per heavy atom. The number of ether oxygens (including phenoxy) is 2. The van der Waals surface area contributed by atoms with Crippen LogP contribution in [-0.4, -0.2) is 49.7 Å². The van der Waals surface area contributed by atoms with E-state index in [4.69, 9.17) is 9.47 Å². The number of hydrogen-bond donors (Lipinski definition) is 1. The second-order valence-corrected chi connectivity index (χ2v) is 7.71. The number of likely N-dealkylation sites (tertiary alicyclic amines) is 1. The molecule has 156 valence electrons. The van der Waals surface area contributed by atoms with Gasteiger partial charge in [-0.05, 0) is 62.6 Å². The van der Waals surface area contributed by atoms with Gasteiger partial charge in [0, 0.05) is 25.2 Å². The van der Waals surface area contributed by atoms with Gasteiger partial charge in [0.2, 0.25) is 0 Å². The zero-order valence-corrected chi connectivity index (χ0v) is 17.1. The van der Waals surface area contributed by atoms with Crippen molar-refractivity contribution in [2.45, 2.75) is 31.7 Å². The van der Waals surface area contributed by atoms with E-state index in [0.29, 0.717) is 23.7 Å². The molecule has 0 unspecified atom stereocenters. The zero-order valence-electron chi connectivity index (χ0n) is 17.1. The van der Waals surface area contributed by atoms with Crippen molar-refractivity contribution < 1.29 is 18.7 Å². The van der Waals surface area contributed by atoms with Crippen LogP contribution in [0.4, 0.5) is 4.39 Å². The average molecular weight is 400 g/mol. The molecule has 0 atom stereocenters. The molecule has 0 aliphatic carbocycles. The van der Waals surface area contributed by atoms with Crippen LogP contribution in [0.2, 0.25) is 0 Å². The van der Waals surface area contributed by atoms with Crippen LogP contribution in [0.3, 0.4) is 0 Å². The summed E-state index contributed by atoms with van der Waals surface area (Å²) in [5, 5.41) is 3.20. The number of carbonyl (C=O) groups is 1. The Morgan fingerprint density at radius 3 is 2.52 bits per heavy atom. The maximum Gasteiger partial charge on any atom is 0.255 e. The van der Waals surface area contributed by atoms with Crippen LogP contribution in [0.15, 0.2) is 48.5 Å². The number of hydrogen-bond acceptors (Lipinski definition) is 4. The minimum atomic E-state index is -0.258. The Bertz CT molecular complexity index is 802. The molecular weight excluding hydrogens is 371 g/mol. The van der Waals surface area contributed by atoms with E-state index in [-0.39, 0.29) is 17.3 Å². The van der Waals surface area contributed by atoms with E-state index in [9.17, 15) is 9.18 Å². The summed E-state index contributed by atoms with van der Waals surface area (Å²) < 4.78 is 23.9. The molecule has 0 spiro atoms. The molecule has 0 radical (unpaired) electrons. The first kappa shape index (κ1) is 21.1. The molecule has 1 aliphatic rings. The van der Waals surface area contributed by atoms with Gasteiger partial charge in [0.15, 0.2) is 0 Å². The van der Waals surface area contributed by atoms with Gasteiger partial charge in [-0.2, -0.15) is 0 Å². The second-order valence-electron chi connectivity index (χ2n) is 7.71. The Labute approximate surface area is 171 Å². The first-order valence-corrected chi connectivity index (χ1v) is 10.1. The number of methoxy groups -OCH3 is 1. The minimum Gasteiger partial charge on any atom is -0.496 e. The summed E-state index contributed by atoms with van der Waals surface area (Å²) in [5.74, 6) is 0.932. The molecule has 1 amide bonds. The largest absolute Gasteiger partial charge is 0.496 e. The minimum absolute atomic E-state index is 0.0916. The van der Waals surface area contributed by atoms with Gasteiger partial charge >= 0.3 is 0 Å². The first-order valence-electron chi connectivity index (χ1n) is 10.1. The van der Waals surface area contributed by atoms with Gasteiger partial charge in [-0.1, -0.05) is 12.1 Å². The molecule has 0 bridgehead atoms. The van der Waals surface area contributed by atoms with Crippen LogP contribution in [0.1, 0.15) is 36.5 Å². The lowest BCUT2D eigenvalue weighted by Gasteiger charge is -2.40. The molecule has 1 aliphatic heterocycles. The van der Waals surface area contributed by atoms with Crippen LogP contribution in [-0.2, 0) is 0 Å². The normalized spacial score (nSPS) is 16.2. The number of para-hydroxylation sites is 1. The zero-order chi connectivity index (χ0) is 20.7. The maximum atomic E-state index is 12.9. The molecule has 2 aromatic carbocycles. The van der Waals surface area contributed by atoms with Crippen molar-refractivity contribution >= 4 is 5.91 Å². The van der Waals surface area contributed by atoms with E-state index >= 15 is 0 Å². The molecule has 1 fully saturated rings. The number of piperidine rings is 1. The van der Waals surface area contributed by atoms with E-state index in [1.54, 1.807) is 31.4 Å². The highest BCUT2D eigenvalue weighted by Crippen LogP contribution is 2.24. The third-order valence-corrected chi connectivity index (χ3v) is 5.43. The van der Waals surface area contributed by atoms with Gasteiger partial charge in [0.1, 0.15) is 17.3 Å². The smallest absolute Gasteiger partial charge is 0.255 e. The highest BCUT2D eigenvalue weighted by Gasteiger charge is 2.32. The van der Waals surface area contributed by atoms with Gasteiger partial charge in [-0.3, -0.25) is 4.79 Å². The number of nitrogens with one attached hydrogen (secondary N) is 1. The van der Waals surface area contributed by atoms with Crippen molar-refractivity contribution in [1.82, 2.24) is 10.2 Å². The van der Waals surface area contributed by atoms with E-state index < -0.39 is 0 Å². The number of amides is 1. The highest BCUT2D eigenvalue weighted by atomic mass is 19.1. The van der Waals surface area contributed by atoms with Gasteiger partial charge in [0.25, 0.3) is 5.91 Å². The van der Waals surface area contributed by atoms with Crippen molar-refractivity contribution in [2.75, 3.05) is 33.4 Å². The molecule has 1 N–H and O–H groups in total. The summed E-state index contributed by atoms with van der Waals surface area (Å²) in [6.07, 6.45) is 2.70. The number of carbonyl (C=O) groups excluding carboxylic acids is 1. The van der Waals surface area contributed by atoms with Gasteiger partial charge in [-0.25, -0.2) is 4.39 Å². The summed E-state index contributed by atoms with van der Waals surface area (Å²) in [6.45, 7) is 5.51. The fraction of sp³-hybridized carbons (Fsp3) is 0.435. The molecule has 29 heavy (non-hydrogen) atoms. The van der Waals surface area contributed by atoms with Gasteiger partial charge in [0.05, 0.1) is 19.3 Å². The van der Waals surface area contributed by atoms with Crippen LogP contribution >= 0.6 is 0 Å². The molecule has 5 nitrogen and oxygen atoms in total. The Kier molecular flexibility index (Phi) is 7.09. The second kappa shape index (κ2) is 9.74. The summed E-state index contributed by atoms with van der Waals surface area (Å²) >= 11 is 0. The highest BCUT2D eigenvalue weighted by molar-refractivity contribution is 5.97. The van der Waals surface area contributed by atoms with Crippen LogP contribution < -0.4 is 14.8 Å². The molecular formula is C23H29FN2O3. The predicted molar refractivity (Wildman–Crippen MR) is 111 cm³/mol. The SMILES string of the molecule is COc1ccccc1C(=O)NC1(C)CCN(CCCOc2ccc(F)cc2)CC1. The summed E-state index contributed by atoms with van der Waals surface area (Å²) in [7, 11) is 1.58. The van der Waals surface area contributed by atoms with Gasteiger partial charge < -0.3 is 19.7 Å². The fourth-order valence-electron chi connectivity index (χ4n) is 3.58. The Balaban J connectivity index is 1.41. The van der Waals surface area contributed by atoms with Crippen LogP contribution in [0.25, 0.3) is 0 Å². The van der Waals surface area contributed by atoms with E-state index in [1.165, 1.54) is 12.1 Å². The van der Waals surface area contributed by atoms with E-state index in [2.05, 4.69) is 17.1 Å². The van der Waals surface area contributed by atoms with E-state index in [0.717, 1.165) is 38.9 Å². The third-order valence-electron chi connectivity index (χ3n) is 5.43. The quantitative estimate of drug-likeness (QED) is 0.683. The molecule has 2 aromatic rings. The van der Waals surface area contributed by atoms with Crippen LogP contribution in [0, 0.1) is 5.82 Å². The monoisotopic (exact) mass is 400 g/mol. The van der Waals surface area contributed by atoms with E-state index in [1.807, 2.05) is 12.1 Å². The third kappa shape index (κ3) is 5.94. The number of rotatable bonds is 8. The molecule has 1 saturated heterocycles. The van der Waals surface area contributed by atoms with Crippen LogP contribution in [0.5, 0.6) is 11.5 Å². The van der Waals surface area contributed by atoms with Crippen molar-refractivity contribution in [3.8, 4) is 11.5 Å². The van der Waals surface area contributed by atoms with Crippen molar-refractivity contribution in [3.05, 3.63) is 59.9 Å². The lowest BCUT2D eigenvalue weighted by molar-refractivity contribution is 0.0827. The molecule has 3 rings (SSSR count). The lowest BCUT2D eigenvalue weighted by Crippen LogP contribution is -2.53. The molecule has 0 aromatic heterocycles. The lowest BCUT2D eigenvalue weighted by atomic mass is 9.89. The summed E-state index contributed by atoms with van der Waals surface area (Å²) in [4.78, 5) is 15.1. The fourth-order valence-corrected chi connectivity index (χ4v) is 3.58. The number of benzene rings is 2.